The number of thiophene rings is 1. The molecule has 0 spiro atoms. The number of rotatable bonds is 4. The van der Waals surface area contributed by atoms with Crippen molar-refractivity contribution in [2.75, 3.05) is 11.9 Å². The molecule has 0 saturated carbocycles. The van der Waals surface area contributed by atoms with Crippen molar-refractivity contribution in [3.8, 4) is 0 Å². The summed E-state index contributed by atoms with van der Waals surface area (Å²) in [5.74, 6) is 0.922. The van der Waals surface area contributed by atoms with Gasteiger partial charge in [-0.15, -0.1) is 11.3 Å². The predicted octanol–water partition coefficient (Wildman–Crippen LogP) is 4.60. The molecule has 0 atom stereocenters. The smallest absolute Gasteiger partial charge is 0.147 e. The van der Waals surface area contributed by atoms with Gasteiger partial charge in [-0.05, 0) is 18.6 Å². The number of aromatic nitrogens is 3. The lowest BCUT2D eigenvalue weighted by Gasteiger charge is -2.04. The molecule has 110 valence electrons. The second-order valence-corrected chi connectivity index (χ2v) is 6.32. The molecule has 1 aromatic carbocycles. The zero-order chi connectivity index (χ0) is 14.9. The van der Waals surface area contributed by atoms with E-state index in [0.29, 0.717) is 0 Å². The van der Waals surface area contributed by atoms with Crippen LogP contribution >= 0.6 is 11.3 Å². The highest BCUT2D eigenvalue weighted by atomic mass is 32.1. The maximum absolute atomic E-state index is 4.78. The first kappa shape index (κ1) is 13.4. The van der Waals surface area contributed by atoms with Crippen molar-refractivity contribution >= 4 is 48.5 Å². The largest absolute Gasteiger partial charge is 0.369 e. The highest BCUT2D eigenvalue weighted by Crippen LogP contribution is 2.36. The third kappa shape index (κ3) is 2.18. The summed E-state index contributed by atoms with van der Waals surface area (Å²) in [6.45, 7) is 3.12. The summed E-state index contributed by atoms with van der Waals surface area (Å²) in [4.78, 5) is 14.7. The van der Waals surface area contributed by atoms with Gasteiger partial charge in [0.15, 0.2) is 0 Å². The van der Waals surface area contributed by atoms with Gasteiger partial charge < -0.3 is 5.32 Å². The third-order valence-electron chi connectivity index (χ3n) is 3.77. The van der Waals surface area contributed by atoms with E-state index >= 15 is 0 Å². The van der Waals surface area contributed by atoms with Crippen molar-refractivity contribution in [2.24, 2.45) is 0 Å². The molecule has 0 saturated heterocycles. The molecule has 0 amide bonds. The number of unbranched alkanes of at least 4 members (excludes halogenated alkanes) is 1. The minimum absolute atomic E-state index is 0.922. The lowest BCUT2D eigenvalue weighted by Crippen LogP contribution is -2.02. The second kappa shape index (κ2) is 5.50. The number of fused-ring (bicyclic) bond motifs is 4. The molecule has 0 unspecified atom stereocenters. The van der Waals surface area contributed by atoms with E-state index in [1.54, 1.807) is 17.7 Å². The summed E-state index contributed by atoms with van der Waals surface area (Å²) in [6, 6.07) is 10.4. The van der Waals surface area contributed by atoms with Crippen molar-refractivity contribution in [1.82, 2.24) is 15.0 Å². The van der Waals surface area contributed by atoms with Crippen LogP contribution in [0.1, 0.15) is 19.8 Å². The lowest BCUT2D eigenvalue weighted by atomic mass is 10.2. The van der Waals surface area contributed by atoms with E-state index in [1.807, 2.05) is 18.2 Å². The summed E-state index contributed by atoms with van der Waals surface area (Å²) in [7, 11) is 0. The molecule has 3 heterocycles. The van der Waals surface area contributed by atoms with E-state index < -0.39 is 0 Å². The third-order valence-corrected chi connectivity index (χ3v) is 4.86. The van der Waals surface area contributed by atoms with Crippen LogP contribution in [0.25, 0.3) is 31.3 Å². The monoisotopic (exact) mass is 308 g/mol. The number of pyridine rings is 1. The van der Waals surface area contributed by atoms with E-state index in [-0.39, 0.29) is 0 Å². The van der Waals surface area contributed by atoms with Crippen molar-refractivity contribution in [2.45, 2.75) is 19.8 Å². The SMILES string of the molecule is CCCCNc1ncnc2c1sc1nc3ccccc3cc12. The molecule has 22 heavy (non-hydrogen) atoms. The Morgan fingerprint density at radius 3 is 3.00 bits per heavy atom. The Morgan fingerprint density at radius 2 is 2.09 bits per heavy atom. The van der Waals surface area contributed by atoms with Crippen molar-refractivity contribution < 1.29 is 0 Å². The maximum atomic E-state index is 4.78. The molecule has 1 N–H and O–H groups in total. The van der Waals surface area contributed by atoms with Gasteiger partial charge in [0.1, 0.15) is 17.0 Å². The quantitative estimate of drug-likeness (QED) is 0.560. The molecule has 0 bridgehead atoms. The minimum atomic E-state index is 0.922. The maximum Gasteiger partial charge on any atom is 0.147 e. The number of anilines is 1. The molecule has 0 aliphatic carbocycles. The summed E-state index contributed by atoms with van der Waals surface area (Å²) >= 11 is 1.66. The fourth-order valence-electron chi connectivity index (χ4n) is 2.61. The molecular weight excluding hydrogens is 292 g/mol. The lowest BCUT2D eigenvalue weighted by molar-refractivity contribution is 0.832. The Kier molecular flexibility index (Phi) is 3.35. The summed E-state index contributed by atoms with van der Waals surface area (Å²) < 4.78 is 1.09. The molecule has 0 aliphatic heterocycles. The second-order valence-electron chi connectivity index (χ2n) is 5.32. The van der Waals surface area contributed by atoms with Crippen LogP contribution < -0.4 is 5.32 Å². The van der Waals surface area contributed by atoms with Crippen LogP contribution in [0.3, 0.4) is 0 Å². The summed E-state index contributed by atoms with van der Waals surface area (Å²) in [5.41, 5.74) is 2.02. The van der Waals surface area contributed by atoms with E-state index in [4.69, 9.17) is 4.98 Å². The van der Waals surface area contributed by atoms with Gasteiger partial charge in [0.25, 0.3) is 0 Å². The van der Waals surface area contributed by atoms with Gasteiger partial charge in [-0.3, -0.25) is 0 Å². The van der Waals surface area contributed by atoms with Crippen LogP contribution in [0.15, 0.2) is 36.7 Å². The zero-order valence-electron chi connectivity index (χ0n) is 12.3. The Hall–Kier alpha value is -2.27. The topological polar surface area (TPSA) is 50.7 Å². The van der Waals surface area contributed by atoms with Crippen LogP contribution in [0, 0.1) is 0 Å². The first-order chi connectivity index (χ1) is 10.9. The number of hydrogen-bond donors (Lipinski definition) is 1. The molecule has 0 aliphatic rings. The zero-order valence-corrected chi connectivity index (χ0v) is 13.2. The Morgan fingerprint density at radius 1 is 1.18 bits per heavy atom. The van der Waals surface area contributed by atoms with Crippen LogP contribution in [-0.2, 0) is 0 Å². The molecular formula is C17H16N4S. The van der Waals surface area contributed by atoms with E-state index in [0.717, 1.165) is 50.1 Å². The number of nitrogens with one attached hydrogen (secondary N) is 1. The predicted molar refractivity (Wildman–Crippen MR) is 93.6 cm³/mol. The first-order valence-corrected chi connectivity index (χ1v) is 8.35. The molecule has 0 radical (unpaired) electrons. The van der Waals surface area contributed by atoms with Gasteiger partial charge in [0.2, 0.25) is 0 Å². The summed E-state index contributed by atoms with van der Waals surface area (Å²) in [6.07, 6.45) is 3.94. The Balaban J connectivity index is 1.92. The Labute approximate surface area is 132 Å². The van der Waals surface area contributed by atoms with E-state index in [9.17, 15) is 0 Å². The van der Waals surface area contributed by atoms with Gasteiger partial charge in [0.05, 0.1) is 15.7 Å². The molecule has 0 fully saturated rings. The van der Waals surface area contributed by atoms with Crippen molar-refractivity contribution in [3.63, 3.8) is 0 Å². The molecule has 4 rings (SSSR count). The van der Waals surface area contributed by atoms with Crippen LogP contribution in [0.4, 0.5) is 5.82 Å². The van der Waals surface area contributed by atoms with Gasteiger partial charge in [-0.1, -0.05) is 31.5 Å². The minimum Gasteiger partial charge on any atom is -0.369 e. The average molecular weight is 308 g/mol. The fourth-order valence-corrected chi connectivity index (χ4v) is 3.70. The van der Waals surface area contributed by atoms with Crippen LogP contribution in [0.5, 0.6) is 0 Å². The molecule has 4 nitrogen and oxygen atoms in total. The van der Waals surface area contributed by atoms with E-state index in [1.165, 1.54) is 6.42 Å². The average Bonchev–Trinajstić information content (AvgIpc) is 2.91. The number of hydrogen-bond acceptors (Lipinski definition) is 5. The summed E-state index contributed by atoms with van der Waals surface area (Å²) in [5, 5.41) is 5.68. The van der Waals surface area contributed by atoms with E-state index in [2.05, 4.69) is 34.3 Å². The number of nitrogens with zero attached hydrogens (tertiary/aromatic N) is 3. The number of para-hydroxylation sites is 1. The van der Waals surface area contributed by atoms with Gasteiger partial charge in [-0.25, -0.2) is 15.0 Å². The van der Waals surface area contributed by atoms with Crippen LogP contribution in [0.2, 0.25) is 0 Å². The molecule has 3 aromatic heterocycles. The number of benzene rings is 1. The van der Waals surface area contributed by atoms with Crippen LogP contribution in [-0.4, -0.2) is 21.5 Å². The van der Waals surface area contributed by atoms with Gasteiger partial charge in [0, 0.05) is 17.3 Å². The first-order valence-electron chi connectivity index (χ1n) is 7.53. The fraction of sp³-hybridized carbons (Fsp3) is 0.235. The molecule has 4 aromatic rings. The van der Waals surface area contributed by atoms with Crippen molar-refractivity contribution in [1.29, 1.82) is 0 Å². The normalized spacial score (nSPS) is 11.5. The Bertz CT molecular complexity index is 961. The van der Waals surface area contributed by atoms with Gasteiger partial charge in [-0.2, -0.15) is 0 Å². The standard InChI is InChI=1S/C17H16N4S/c1-2-3-8-18-16-15-14(19-10-20-16)12-9-11-6-4-5-7-13(11)21-17(12)22-15/h4-7,9-10H,2-3,8H2,1H3,(H,18,19,20). The highest BCUT2D eigenvalue weighted by molar-refractivity contribution is 7.26. The highest BCUT2D eigenvalue weighted by Gasteiger charge is 2.12. The van der Waals surface area contributed by atoms with Gasteiger partial charge >= 0.3 is 0 Å². The van der Waals surface area contributed by atoms with Crippen molar-refractivity contribution in [3.05, 3.63) is 36.7 Å². The molecule has 5 heteroatoms.